The second-order valence-electron chi connectivity index (χ2n) is 4.14. The molecular weight excluding hydrogens is 278 g/mol. The molecule has 0 bridgehead atoms. The SMILES string of the molecule is C[C@@H](Oc1cccnc1[N+](=O)[O-])C(=O)NCc1ccco1. The van der Waals surface area contributed by atoms with Crippen molar-refractivity contribution < 1.29 is 18.9 Å². The summed E-state index contributed by atoms with van der Waals surface area (Å²) in [6.45, 7) is 1.71. The van der Waals surface area contributed by atoms with Crippen molar-refractivity contribution in [3.63, 3.8) is 0 Å². The first-order valence-corrected chi connectivity index (χ1v) is 6.14. The summed E-state index contributed by atoms with van der Waals surface area (Å²) in [7, 11) is 0. The summed E-state index contributed by atoms with van der Waals surface area (Å²) in [5.74, 6) is -0.293. The van der Waals surface area contributed by atoms with Gasteiger partial charge in [0.05, 0.1) is 12.8 Å². The van der Waals surface area contributed by atoms with Crippen molar-refractivity contribution in [3.05, 3.63) is 52.6 Å². The van der Waals surface area contributed by atoms with Gasteiger partial charge in [-0.2, -0.15) is 0 Å². The van der Waals surface area contributed by atoms with Crippen LogP contribution >= 0.6 is 0 Å². The molecule has 0 aliphatic rings. The van der Waals surface area contributed by atoms with Gasteiger partial charge in [0.25, 0.3) is 5.91 Å². The maximum absolute atomic E-state index is 11.9. The molecule has 0 saturated heterocycles. The maximum Gasteiger partial charge on any atom is 0.406 e. The standard InChI is InChI=1S/C13H13N3O5/c1-9(13(17)15-8-10-4-3-7-20-10)21-11-5-2-6-14-12(11)16(18)19/h2-7,9H,8H2,1H3,(H,15,17)/t9-/m1/s1. The zero-order valence-corrected chi connectivity index (χ0v) is 11.2. The molecule has 0 fully saturated rings. The predicted molar refractivity (Wildman–Crippen MR) is 71.5 cm³/mol. The first kappa shape index (κ1) is 14.5. The lowest BCUT2D eigenvalue weighted by atomic mass is 10.3. The number of hydrogen-bond acceptors (Lipinski definition) is 6. The predicted octanol–water partition coefficient (Wildman–Crippen LogP) is 1.67. The van der Waals surface area contributed by atoms with E-state index in [1.807, 2.05) is 0 Å². The monoisotopic (exact) mass is 291 g/mol. The molecule has 8 nitrogen and oxygen atoms in total. The summed E-state index contributed by atoms with van der Waals surface area (Å²) in [5, 5.41) is 13.4. The molecule has 2 aromatic heterocycles. The van der Waals surface area contributed by atoms with Crippen LogP contribution in [0.25, 0.3) is 0 Å². The number of nitro groups is 1. The van der Waals surface area contributed by atoms with Crippen LogP contribution in [0.4, 0.5) is 5.82 Å². The Balaban J connectivity index is 1.96. The number of ether oxygens (including phenoxy) is 1. The lowest BCUT2D eigenvalue weighted by Gasteiger charge is -2.13. The fraction of sp³-hybridized carbons (Fsp3) is 0.231. The molecule has 1 N–H and O–H groups in total. The number of carbonyl (C=O) groups excluding carboxylic acids is 1. The van der Waals surface area contributed by atoms with Crippen LogP contribution in [0.1, 0.15) is 12.7 Å². The molecule has 1 amide bonds. The minimum atomic E-state index is -0.900. The van der Waals surface area contributed by atoms with Crippen LogP contribution in [0.5, 0.6) is 5.75 Å². The first-order chi connectivity index (χ1) is 10.1. The molecule has 2 aromatic rings. The van der Waals surface area contributed by atoms with E-state index in [1.165, 1.54) is 31.5 Å². The average molecular weight is 291 g/mol. The third-order valence-corrected chi connectivity index (χ3v) is 2.61. The summed E-state index contributed by atoms with van der Waals surface area (Å²) >= 11 is 0. The van der Waals surface area contributed by atoms with Crippen molar-refractivity contribution in [1.82, 2.24) is 10.3 Å². The second kappa shape index (κ2) is 6.51. The molecule has 8 heteroatoms. The van der Waals surface area contributed by atoms with Crippen LogP contribution in [0, 0.1) is 10.1 Å². The van der Waals surface area contributed by atoms with E-state index in [4.69, 9.17) is 9.15 Å². The molecule has 2 rings (SSSR count). The van der Waals surface area contributed by atoms with Gasteiger partial charge in [-0.15, -0.1) is 0 Å². The molecular formula is C13H13N3O5. The Morgan fingerprint density at radius 2 is 2.33 bits per heavy atom. The Kier molecular flexibility index (Phi) is 4.50. The average Bonchev–Trinajstić information content (AvgIpc) is 2.98. The van der Waals surface area contributed by atoms with E-state index in [0.29, 0.717) is 5.76 Å². The number of aromatic nitrogens is 1. The topological polar surface area (TPSA) is 108 Å². The van der Waals surface area contributed by atoms with Crippen molar-refractivity contribution in [2.24, 2.45) is 0 Å². The molecule has 0 radical (unpaired) electrons. The Hall–Kier alpha value is -2.90. The van der Waals surface area contributed by atoms with Crippen molar-refractivity contribution in [2.75, 3.05) is 0 Å². The van der Waals surface area contributed by atoms with E-state index in [1.54, 1.807) is 12.1 Å². The molecule has 0 saturated carbocycles. The highest BCUT2D eigenvalue weighted by atomic mass is 16.6. The zero-order chi connectivity index (χ0) is 15.2. The first-order valence-electron chi connectivity index (χ1n) is 6.14. The Labute approximate surface area is 119 Å². The van der Waals surface area contributed by atoms with Gasteiger partial charge in [-0.1, -0.05) is 0 Å². The van der Waals surface area contributed by atoms with Gasteiger partial charge in [0.15, 0.2) is 6.10 Å². The Morgan fingerprint density at radius 1 is 1.52 bits per heavy atom. The highest BCUT2D eigenvalue weighted by Crippen LogP contribution is 2.23. The number of nitrogens with one attached hydrogen (secondary N) is 1. The third kappa shape index (κ3) is 3.78. The van der Waals surface area contributed by atoms with Gasteiger partial charge < -0.3 is 24.6 Å². The van der Waals surface area contributed by atoms with Crippen molar-refractivity contribution in [2.45, 2.75) is 19.6 Å². The lowest BCUT2D eigenvalue weighted by molar-refractivity contribution is -0.390. The van der Waals surface area contributed by atoms with Crippen LogP contribution in [-0.2, 0) is 11.3 Å². The normalized spacial score (nSPS) is 11.7. The van der Waals surface area contributed by atoms with Gasteiger partial charge in [0, 0.05) is 0 Å². The quantitative estimate of drug-likeness (QED) is 0.640. The van der Waals surface area contributed by atoms with Gasteiger partial charge in [-0.25, -0.2) is 0 Å². The van der Waals surface area contributed by atoms with E-state index < -0.39 is 22.8 Å². The summed E-state index contributed by atoms with van der Waals surface area (Å²) in [4.78, 5) is 25.6. The fourth-order valence-corrected chi connectivity index (χ4v) is 1.59. The van der Waals surface area contributed by atoms with E-state index >= 15 is 0 Å². The number of hydrogen-bond donors (Lipinski definition) is 1. The number of nitrogens with zero attached hydrogens (tertiary/aromatic N) is 2. The molecule has 0 aliphatic heterocycles. The van der Waals surface area contributed by atoms with Gasteiger partial charge in [-0.05, 0) is 41.1 Å². The number of pyridine rings is 1. The largest absolute Gasteiger partial charge is 0.473 e. The summed E-state index contributed by atoms with van der Waals surface area (Å²) in [6, 6.07) is 6.31. The lowest BCUT2D eigenvalue weighted by Crippen LogP contribution is -2.35. The van der Waals surface area contributed by atoms with Crippen LogP contribution in [0.15, 0.2) is 41.1 Å². The highest BCUT2D eigenvalue weighted by Gasteiger charge is 2.21. The molecule has 0 unspecified atom stereocenters. The number of amides is 1. The summed E-state index contributed by atoms with van der Waals surface area (Å²) < 4.78 is 10.4. The summed E-state index contributed by atoms with van der Waals surface area (Å²) in [5.41, 5.74) is 0. The van der Waals surface area contributed by atoms with Gasteiger partial charge in [-0.3, -0.25) is 4.79 Å². The molecule has 2 heterocycles. The second-order valence-corrected chi connectivity index (χ2v) is 4.14. The van der Waals surface area contributed by atoms with E-state index in [-0.39, 0.29) is 12.3 Å². The number of rotatable bonds is 6. The molecule has 1 atom stereocenters. The Morgan fingerprint density at radius 3 is 3.00 bits per heavy atom. The smallest absolute Gasteiger partial charge is 0.406 e. The molecule has 21 heavy (non-hydrogen) atoms. The van der Waals surface area contributed by atoms with Gasteiger partial charge in [0.2, 0.25) is 5.75 Å². The van der Waals surface area contributed by atoms with Crippen molar-refractivity contribution in [1.29, 1.82) is 0 Å². The van der Waals surface area contributed by atoms with Crippen molar-refractivity contribution in [3.8, 4) is 5.75 Å². The number of furan rings is 1. The van der Waals surface area contributed by atoms with Crippen LogP contribution in [0.3, 0.4) is 0 Å². The van der Waals surface area contributed by atoms with Gasteiger partial charge in [0.1, 0.15) is 12.0 Å². The summed E-state index contributed by atoms with van der Waals surface area (Å²) in [6.07, 6.45) is 1.88. The van der Waals surface area contributed by atoms with E-state index in [9.17, 15) is 14.9 Å². The van der Waals surface area contributed by atoms with Crippen LogP contribution in [0.2, 0.25) is 0 Å². The van der Waals surface area contributed by atoms with Crippen molar-refractivity contribution >= 4 is 11.7 Å². The van der Waals surface area contributed by atoms with Gasteiger partial charge >= 0.3 is 5.82 Å². The maximum atomic E-state index is 11.9. The van der Waals surface area contributed by atoms with E-state index in [0.717, 1.165) is 0 Å². The molecule has 0 spiro atoms. The number of carbonyl (C=O) groups is 1. The van der Waals surface area contributed by atoms with E-state index in [2.05, 4.69) is 10.3 Å². The minimum Gasteiger partial charge on any atom is -0.473 e. The Bertz CT molecular complexity index is 626. The molecule has 0 aromatic carbocycles. The van der Waals surface area contributed by atoms with Crippen LogP contribution < -0.4 is 10.1 Å². The highest BCUT2D eigenvalue weighted by molar-refractivity contribution is 5.80. The minimum absolute atomic E-state index is 0.0526. The third-order valence-electron chi connectivity index (χ3n) is 2.61. The zero-order valence-electron chi connectivity index (χ0n) is 11.2. The van der Waals surface area contributed by atoms with Crippen LogP contribution in [-0.4, -0.2) is 21.9 Å². The molecule has 0 aliphatic carbocycles. The fourth-order valence-electron chi connectivity index (χ4n) is 1.59. The molecule has 110 valence electrons.